The summed E-state index contributed by atoms with van der Waals surface area (Å²) in [5.41, 5.74) is 11.3. The average Bonchev–Trinajstić information content (AvgIpc) is 2.62. The third kappa shape index (κ3) is 3.49. The van der Waals surface area contributed by atoms with E-state index in [1.165, 1.54) is 5.56 Å². The van der Waals surface area contributed by atoms with E-state index in [2.05, 4.69) is 52.8 Å². The molecule has 1 heterocycles. The number of benzene rings is 2. The van der Waals surface area contributed by atoms with Gasteiger partial charge in [0, 0.05) is 12.7 Å². The standard InChI is InChI=1S/C20H21N3O/c1-14-8-9-17(12-19(14)24-2)16-6-3-5-15(11-16)13-23-18-7-4-10-22-20(18)21/h3-12,23H,13H2,1-2H3,(H2,21,22). The van der Waals surface area contributed by atoms with Gasteiger partial charge in [-0.15, -0.1) is 0 Å². The van der Waals surface area contributed by atoms with Gasteiger partial charge in [0.2, 0.25) is 0 Å². The molecule has 0 saturated heterocycles. The van der Waals surface area contributed by atoms with Gasteiger partial charge >= 0.3 is 0 Å². The van der Waals surface area contributed by atoms with Gasteiger partial charge in [-0.1, -0.05) is 30.3 Å². The van der Waals surface area contributed by atoms with Gasteiger partial charge in [-0.2, -0.15) is 0 Å². The maximum atomic E-state index is 5.86. The van der Waals surface area contributed by atoms with Gasteiger partial charge in [0.25, 0.3) is 0 Å². The summed E-state index contributed by atoms with van der Waals surface area (Å²) in [5.74, 6) is 1.41. The Morgan fingerprint density at radius 2 is 1.88 bits per heavy atom. The topological polar surface area (TPSA) is 60.2 Å². The van der Waals surface area contributed by atoms with Gasteiger partial charge < -0.3 is 15.8 Å². The van der Waals surface area contributed by atoms with Crippen molar-refractivity contribution in [1.29, 1.82) is 0 Å². The normalized spacial score (nSPS) is 10.4. The number of hydrogen-bond acceptors (Lipinski definition) is 4. The number of anilines is 2. The molecule has 24 heavy (non-hydrogen) atoms. The Morgan fingerprint density at radius 1 is 1.04 bits per heavy atom. The lowest BCUT2D eigenvalue weighted by molar-refractivity contribution is 0.412. The minimum absolute atomic E-state index is 0.511. The summed E-state index contributed by atoms with van der Waals surface area (Å²) in [4.78, 5) is 4.09. The van der Waals surface area contributed by atoms with Crippen LogP contribution in [0.15, 0.2) is 60.8 Å². The van der Waals surface area contributed by atoms with Crippen LogP contribution in [0, 0.1) is 6.92 Å². The van der Waals surface area contributed by atoms with Crippen molar-refractivity contribution in [3.05, 3.63) is 71.9 Å². The van der Waals surface area contributed by atoms with E-state index in [9.17, 15) is 0 Å². The van der Waals surface area contributed by atoms with Crippen molar-refractivity contribution in [2.24, 2.45) is 0 Å². The van der Waals surface area contributed by atoms with Crippen LogP contribution >= 0.6 is 0 Å². The average molecular weight is 319 g/mol. The first kappa shape index (κ1) is 15.9. The molecule has 4 nitrogen and oxygen atoms in total. The van der Waals surface area contributed by atoms with Crippen molar-refractivity contribution in [3.63, 3.8) is 0 Å². The van der Waals surface area contributed by atoms with E-state index in [1.54, 1.807) is 13.3 Å². The maximum absolute atomic E-state index is 5.86. The van der Waals surface area contributed by atoms with Crippen LogP contribution in [-0.2, 0) is 6.54 Å². The van der Waals surface area contributed by atoms with E-state index in [0.29, 0.717) is 12.4 Å². The number of aryl methyl sites for hydroxylation is 1. The Hall–Kier alpha value is -3.01. The summed E-state index contributed by atoms with van der Waals surface area (Å²) < 4.78 is 5.42. The Labute approximate surface area is 142 Å². The molecule has 122 valence electrons. The van der Waals surface area contributed by atoms with E-state index < -0.39 is 0 Å². The largest absolute Gasteiger partial charge is 0.496 e. The van der Waals surface area contributed by atoms with Gasteiger partial charge in [-0.3, -0.25) is 0 Å². The highest BCUT2D eigenvalue weighted by Crippen LogP contribution is 2.27. The monoisotopic (exact) mass is 319 g/mol. The zero-order valence-electron chi connectivity index (χ0n) is 13.9. The predicted molar refractivity (Wildman–Crippen MR) is 99.1 cm³/mol. The number of ether oxygens (including phenoxy) is 1. The first-order valence-corrected chi connectivity index (χ1v) is 7.85. The molecule has 1 aromatic heterocycles. The number of nitrogens with one attached hydrogen (secondary N) is 1. The number of hydrogen-bond donors (Lipinski definition) is 2. The number of nitrogens with two attached hydrogens (primary N) is 1. The molecule has 0 aliphatic carbocycles. The van der Waals surface area contributed by atoms with Crippen LogP contribution in [0.4, 0.5) is 11.5 Å². The van der Waals surface area contributed by atoms with Crippen molar-refractivity contribution >= 4 is 11.5 Å². The van der Waals surface area contributed by atoms with Gasteiger partial charge in [0.15, 0.2) is 0 Å². The summed E-state index contributed by atoms with van der Waals surface area (Å²) in [6.45, 7) is 2.73. The lowest BCUT2D eigenvalue weighted by Gasteiger charge is -2.11. The molecule has 3 rings (SSSR count). The Kier molecular flexibility index (Phi) is 4.66. The highest BCUT2D eigenvalue weighted by Gasteiger charge is 2.04. The molecule has 0 atom stereocenters. The van der Waals surface area contributed by atoms with Crippen molar-refractivity contribution in [1.82, 2.24) is 4.98 Å². The highest BCUT2D eigenvalue weighted by atomic mass is 16.5. The van der Waals surface area contributed by atoms with Crippen LogP contribution < -0.4 is 15.8 Å². The summed E-state index contributed by atoms with van der Waals surface area (Å²) >= 11 is 0. The third-order valence-electron chi connectivity index (χ3n) is 3.99. The Morgan fingerprint density at radius 3 is 2.67 bits per heavy atom. The molecule has 0 amide bonds. The van der Waals surface area contributed by atoms with Crippen LogP contribution in [0.3, 0.4) is 0 Å². The second-order valence-electron chi connectivity index (χ2n) is 5.67. The SMILES string of the molecule is COc1cc(-c2cccc(CNc3cccnc3N)c2)ccc1C. The second-order valence-corrected chi connectivity index (χ2v) is 5.67. The fraction of sp³-hybridized carbons (Fsp3) is 0.150. The van der Waals surface area contributed by atoms with Crippen molar-refractivity contribution < 1.29 is 4.74 Å². The molecule has 3 aromatic rings. The quantitative estimate of drug-likeness (QED) is 0.737. The first-order valence-electron chi connectivity index (χ1n) is 7.85. The molecule has 0 bridgehead atoms. The summed E-state index contributed by atoms with van der Waals surface area (Å²) in [6.07, 6.45) is 1.69. The Balaban J connectivity index is 1.80. The molecule has 0 saturated carbocycles. The molecular weight excluding hydrogens is 298 g/mol. The van der Waals surface area contributed by atoms with Gasteiger partial charge in [-0.25, -0.2) is 4.98 Å². The van der Waals surface area contributed by atoms with E-state index in [0.717, 1.165) is 28.1 Å². The van der Waals surface area contributed by atoms with E-state index in [4.69, 9.17) is 10.5 Å². The molecule has 0 aliphatic rings. The summed E-state index contributed by atoms with van der Waals surface area (Å²) in [7, 11) is 1.70. The molecule has 4 heteroatoms. The fourth-order valence-corrected chi connectivity index (χ4v) is 2.62. The molecule has 0 radical (unpaired) electrons. The molecule has 3 N–H and O–H groups in total. The zero-order valence-corrected chi connectivity index (χ0v) is 13.9. The van der Waals surface area contributed by atoms with Crippen molar-refractivity contribution in [2.45, 2.75) is 13.5 Å². The third-order valence-corrected chi connectivity index (χ3v) is 3.99. The van der Waals surface area contributed by atoms with Gasteiger partial charge in [0.1, 0.15) is 11.6 Å². The number of pyridine rings is 1. The highest BCUT2D eigenvalue weighted by molar-refractivity contribution is 5.67. The van der Waals surface area contributed by atoms with Crippen LogP contribution in [0.25, 0.3) is 11.1 Å². The summed E-state index contributed by atoms with van der Waals surface area (Å²) in [6, 6.07) is 18.5. The van der Waals surface area contributed by atoms with E-state index >= 15 is 0 Å². The van der Waals surface area contributed by atoms with Gasteiger partial charge in [0.05, 0.1) is 12.8 Å². The predicted octanol–water partition coefficient (Wildman–Crippen LogP) is 4.26. The number of methoxy groups -OCH3 is 1. The summed E-state index contributed by atoms with van der Waals surface area (Å²) in [5, 5.41) is 3.33. The van der Waals surface area contributed by atoms with Gasteiger partial charge in [-0.05, 0) is 53.4 Å². The van der Waals surface area contributed by atoms with Crippen molar-refractivity contribution in [3.8, 4) is 16.9 Å². The molecule has 0 fully saturated rings. The second kappa shape index (κ2) is 7.04. The molecule has 0 unspecified atom stereocenters. The molecule has 0 spiro atoms. The first-order chi connectivity index (χ1) is 11.7. The van der Waals surface area contributed by atoms with Crippen LogP contribution in [-0.4, -0.2) is 12.1 Å². The number of rotatable bonds is 5. The van der Waals surface area contributed by atoms with E-state index in [-0.39, 0.29) is 0 Å². The van der Waals surface area contributed by atoms with Crippen LogP contribution in [0.5, 0.6) is 5.75 Å². The molecule has 0 aliphatic heterocycles. The smallest absolute Gasteiger partial charge is 0.146 e. The number of nitrogens with zero attached hydrogens (tertiary/aromatic N) is 1. The van der Waals surface area contributed by atoms with Crippen molar-refractivity contribution in [2.75, 3.05) is 18.2 Å². The molecule has 2 aromatic carbocycles. The molecular formula is C20H21N3O. The number of aromatic nitrogens is 1. The lowest BCUT2D eigenvalue weighted by atomic mass is 10.0. The van der Waals surface area contributed by atoms with Crippen LogP contribution in [0.2, 0.25) is 0 Å². The zero-order chi connectivity index (χ0) is 16.9. The fourth-order valence-electron chi connectivity index (χ4n) is 2.62. The lowest BCUT2D eigenvalue weighted by Crippen LogP contribution is -2.03. The minimum atomic E-state index is 0.511. The number of nitrogen functional groups attached to an aromatic ring is 1. The van der Waals surface area contributed by atoms with Crippen LogP contribution in [0.1, 0.15) is 11.1 Å². The minimum Gasteiger partial charge on any atom is -0.496 e. The maximum Gasteiger partial charge on any atom is 0.146 e. The van der Waals surface area contributed by atoms with E-state index in [1.807, 2.05) is 19.1 Å². The Bertz CT molecular complexity index is 846.